The average molecular weight is 438 g/mol. The summed E-state index contributed by atoms with van der Waals surface area (Å²) in [6.07, 6.45) is 0.732. The summed E-state index contributed by atoms with van der Waals surface area (Å²) in [5.74, 6) is 0. The molecule has 0 aliphatic carbocycles. The molecule has 5 heteroatoms. The fourth-order valence-electron chi connectivity index (χ4n) is 4.63. The van der Waals surface area contributed by atoms with E-state index in [1.807, 2.05) is 66.7 Å². The highest BCUT2D eigenvalue weighted by atomic mass is 16.5. The summed E-state index contributed by atoms with van der Waals surface area (Å²) in [7, 11) is 1.59. The lowest BCUT2D eigenvalue weighted by molar-refractivity contribution is 0.236. The molecule has 0 unspecified atom stereocenters. The van der Waals surface area contributed by atoms with Crippen molar-refractivity contribution in [2.75, 3.05) is 13.7 Å². The van der Waals surface area contributed by atoms with Gasteiger partial charge in [0.2, 0.25) is 0 Å². The van der Waals surface area contributed by atoms with Crippen LogP contribution in [0, 0.1) is 0 Å². The maximum Gasteiger partial charge on any atom is 0.299 e. The zero-order valence-corrected chi connectivity index (χ0v) is 18.7. The first kappa shape index (κ1) is 21.2. The van der Waals surface area contributed by atoms with Crippen LogP contribution in [0.25, 0.3) is 0 Å². The Morgan fingerprint density at radius 2 is 1.45 bits per heavy atom. The van der Waals surface area contributed by atoms with Crippen LogP contribution in [-0.2, 0) is 19.5 Å². The van der Waals surface area contributed by atoms with Crippen molar-refractivity contribution in [1.82, 2.24) is 14.5 Å². The number of benzene rings is 3. The first-order valence-corrected chi connectivity index (χ1v) is 11.3. The molecule has 4 aromatic rings. The Labute approximate surface area is 193 Å². The molecule has 0 radical (unpaired) electrons. The van der Waals surface area contributed by atoms with E-state index in [2.05, 4.69) is 29.2 Å². The summed E-state index contributed by atoms with van der Waals surface area (Å²) in [6.45, 7) is 2.26. The molecule has 0 atom stereocenters. The van der Waals surface area contributed by atoms with E-state index in [0.717, 1.165) is 41.9 Å². The minimum absolute atomic E-state index is 0.0349. The molecule has 1 aliphatic rings. The Morgan fingerprint density at radius 1 is 0.879 bits per heavy atom. The van der Waals surface area contributed by atoms with Crippen molar-refractivity contribution in [1.29, 1.82) is 0 Å². The lowest BCUT2D eigenvalue weighted by atomic mass is 9.97. The second kappa shape index (κ2) is 9.43. The average Bonchev–Trinajstić information content (AvgIpc) is 2.87. The van der Waals surface area contributed by atoms with E-state index < -0.39 is 0 Å². The Morgan fingerprint density at radius 3 is 2.03 bits per heavy atom. The van der Waals surface area contributed by atoms with E-state index in [0.29, 0.717) is 12.6 Å². The van der Waals surface area contributed by atoms with Crippen LogP contribution in [0.2, 0.25) is 0 Å². The Kier molecular flexibility index (Phi) is 6.05. The lowest BCUT2D eigenvalue weighted by Gasteiger charge is -2.30. The van der Waals surface area contributed by atoms with Gasteiger partial charge >= 0.3 is 0 Å². The normalized spacial score (nSPS) is 13.6. The number of hydrogen-bond acceptors (Lipinski definition) is 4. The van der Waals surface area contributed by atoms with Crippen molar-refractivity contribution < 1.29 is 4.74 Å². The van der Waals surface area contributed by atoms with Crippen molar-refractivity contribution in [3.63, 3.8) is 0 Å². The predicted octanol–water partition coefficient (Wildman–Crippen LogP) is 4.45. The van der Waals surface area contributed by atoms with Gasteiger partial charge in [-0.1, -0.05) is 91.0 Å². The van der Waals surface area contributed by atoms with Gasteiger partial charge in [0, 0.05) is 26.1 Å². The van der Waals surface area contributed by atoms with Crippen molar-refractivity contribution in [2.24, 2.45) is 0 Å². The summed E-state index contributed by atoms with van der Waals surface area (Å²) in [5.41, 5.74) is 4.85. The largest absolute Gasteiger partial charge is 0.468 e. The van der Waals surface area contributed by atoms with Crippen molar-refractivity contribution in [3.8, 4) is 6.01 Å². The topological polar surface area (TPSA) is 47.4 Å². The van der Waals surface area contributed by atoms with E-state index in [4.69, 9.17) is 9.72 Å². The summed E-state index contributed by atoms with van der Waals surface area (Å²) >= 11 is 0. The van der Waals surface area contributed by atoms with E-state index in [9.17, 15) is 4.79 Å². The van der Waals surface area contributed by atoms with Gasteiger partial charge in [-0.05, 0) is 16.7 Å². The quantitative estimate of drug-likeness (QED) is 0.447. The van der Waals surface area contributed by atoms with Crippen LogP contribution < -0.4 is 10.3 Å². The van der Waals surface area contributed by atoms with E-state index in [-0.39, 0.29) is 11.6 Å². The second-order valence-corrected chi connectivity index (χ2v) is 8.37. The maximum atomic E-state index is 14.0. The minimum Gasteiger partial charge on any atom is -0.468 e. The molecule has 0 saturated heterocycles. The summed E-state index contributed by atoms with van der Waals surface area (Å²) < 4.78 is 7.39. The van der Waals surface area contributed by atoms with Crippen LogP contribution in [-0.4, -0.2) is 28.1 Å². The van der Waals surface area contributed by atoms with E-state index in [1.165, 1.54) is 5.56 Å². The van der Waals surface area contributed by atoms with Gasteiger partial charge in [0.05, 0.1) is 24.4 Å². The van der Waals surface area contributed by atoms with Gasteiger partial charge in [-0.2, -0.15) is 0 Å². The van der Waals surface area contributed by atoms with Gasteiger partial charge in [-0.15, -0.1) is 0 Å². The molecule has 0 fully saturated rings. The van der Waals surface area contributed by atoms with Gasteiger partial charge in [-0.25, -0.2) is 4.98 Å². The monoisotopic (exact) mass is 437 g/mol. The fourth-order valence-corrected chi connectivity index (χ4v) is 4.63. The predicted molar refractivity (Wildman–Crippen MR) is 129 cm³/mol. The lowest BCUT2D eigenvalue weighted by Crippen LogP contribution is -2.39. The van der Waals surface area contributed by atoms with Crippen LogP contribution in [0.1, 0.15) is 34.0 Å². The van der Waals surface area contributed by atoms with Crippen molar-refractivity contribution in [3.05, 3.63) is 129 Å². The number of nitrogens with zero attached hydrogens (tertiary/aromatic N) is 3. The minimum atomic E-state index is -0.322. The molecule has 0 bridgehead atoms. The molecule has 1 aromatic heterocycles. The highest BCUT2D eigenvalue weighted by Gasteiger charge is 2.28. The third-order valence-electron chi connectivity index (χ3n) is 6.23. The number of ether oxygens (including phenoxy) is 1. The number of methoxy groups -OCH3 is 1. The molecule has 0 spiro atoms. The summed E-state index contributed by atoms with van der Waals surface area (Å²) in [5, 5.41) is 0. The molecule has 0 N–H and O–H groups in total. The van der Waals surface area contributed by atoms with Gasteiger partial charge in [-0.3, -0.25) is 14.3 Å². The van der Waals surface area contributed by atoms with Gasteiger partial charge < -0.3 is 4.74 Å². The molecular formula is C28H27N3O2. The molecule has 33 heavy (non-hydrogen) atoms. The van der Waals surface area contributed by atoms with Crippen molar-refractivity contribution >= 4 is 0 Å². The van der Waals surface area contributed by atoms with Crippen LogP contribution in [0.4, 0.5) is 0 Å². The Bertz CT molecular complexity index is 1230. The van der Waals surface area contributed by atoms with Gasteiger partial charge in [0.15, 0.2) is 0 Å². The fraction of sp³-hybridized carbons (Fsp3) is 0.214. The SMILES string of the molecule is COc1nc2c(c(=O)n1C(c1ccccc1)c1ccccc1)CN(Cc1ccccc1)CC2. The maximum absolute atomic E-state index is 14.0. The number of hydrogen-bond donors (Lipinski definition) is 0. The van der Waals surface area contributed by atoms with Crippen LogP contribution >= 0.6 is 0 Å². The van der Waals surface area contributed by atoms with Gasteiger partial charge in [0.1, 0.15) is 0 Å². The van der Waals surface area contributed by atoms with Crippen LogP contribution in [0.5, 0.6) is 6.01 Å². The summed E-state index contributed by atoms with van der Waals surface area (Å²) in [6, 6.07) is 30.6. The first-order chi connectivity index (χ1) is 16.2. The molecule has 0 saturated carbocycles. The smallest absolute Gasteiger partial charge is 0.299 e. The van der Waals surface area contributed by atoms with Crippen LogP contribution in [0.3, 0.4) is 0 Å². The first-order valence-electron chi connectivity index (χ1n) is 11.3. The third kappa shape index (κ3) is 4.32. The zero-order chi connectivity index (χ0) is 22.6. The molecule has 2 heterocycles. The molecule has 5 nitrogen and oxygen atoms in total. The standard InChI is InChI=1S/C28H27N3O2/c1-33-28-29-25-17-18-30(19-21-11-5-2-6-12-21)20-24(25)27(32)31(28)26(22-13-7-3-8-14-22)23-15-9-4-10-16-23/h2-16,26H,17-20H2,1H3. The van der Waals surface area contributed by atoms with E-state index >= 15 is 0 Å². The number of fused-ring (bicyclic) bond motifs is 1. The summed E-state index contributed by atoms with van der Waals surface area (Å²) in [4.78, 5) is 21.1. The van der Waals surface area contributed by atoms with Gasteiger partial charge in [0.25, 0.3) is 11.6 Å². The molecule has 0 amide bonds. The zero-order valence-electron chi connectivity index (χ0n) is 18.7. The third-order valence-corrected chi connectivity index (χ3v) is 6.23. The van der Waals surface area contributed by atoms with Crippen molar-refractivity contribution in [2.45, 2.75) is 25.6 Å². The molecule has 166 valence electrons. The molecular weight excluding hydrogens is 410 g/mol. The number of rotatable bonds is 6. The second-order valence-electron chi connectivity index (χ2n) is 8.37. The Balaban J connectivity index is 1.60. The van der Waals surface area contributed by atoms with E-state index in [1.54, 1.807) is 11.7 Å². The highest BCUT2D eigenvalue weighted by Crippen LogP contribution is 2.30. The number of aromatic nitrogens is 2. The highest BCUT2D eigenvalue weighted by molar-refractivity contribution is 5.36. The van der Waals surface area contributed by atoms with Crippen LogP contribution in [0.15, 0.2) is 95.8 Å². The Hall–Kier alpha value is -3.70. The molecule has 3 aromatic carbocycles. The molecule has 1 aliphatic heterocycles. The molecule has 5 rings (SSSR count).